The Labute approximate surface area is 145 Å². The second kappa shape index (κ2) is 9.23. The van der Waals surface area contributed by atoms with Crippen molar-refractivity contribution in [3.63, 3.8) is 0 Å². The molecule has 1 saturated carbocycles. The second-order valence-electron chi connectivity index (χ2n) is 5.72. The standard InChI is InChI=1S/C16H23N3O.2ClH/c20-16(13-17-14-5-2-1-3-6-14)19-11-9-18(10-12-19)15-7-4-8-15;;/h1-3,5-6,15,17H,4,7-13H2;2*1H. The molecule has 1 saturated heterocycles. The Kier molecular flexibility index (Phi) is 8.01. The van der Waals surface area contributed by atoms with Crippen LogP contribution in [-0.4, -0.2) is 54.5 Å². The van der Waals surface area contributed by atoms with Gasteiger partial charge in [-0.15, -0.1) is 24.8 Å². The summed E-state index contributed by atoms with van der Waals surface area (Å²) in [6.07, 6.45) is 4.08. The summed E-state index contributed by atoms with van der Waals surface area (Å²) in [6, 6.07) is 10.7. The number of carbonyl (C=O) groups excluding carboxylic acids is 1. The van der Waals surface area contributed by atoms with Crippen LogP contribution in [0.2, 0.25) is 0 Å². The highest BCUT2D eigenvalue weighted by atomic mass is 35.5. The lowest BCUT2D eigenvalue weighted by molar-refractivity contribution is -0.131. The van der Waals surface area contributed by atoms with Crippen molar-refractivity contribution in [2.24, 2.45) is 0 Å². The fourth-order valence-electron chi connectivity index (χ4n) is 2.93. The van der Waals surface area contributed by atoms with Crippen LogP contribution in [0.25, 0.3) is 0 Å². The van der Waals surface area contributed by atoms with E-state index in [1.165, 1.54) is 19.3 Å². The maximum Gasteiger partial charge on any atom is 0.241 e. The molecule has 0 radical (unpaired) electrons. The van der Waals surface area contributed by atoms with Gasteiger partial charge in [0.15, 0.2) is 0 Å². The first-order valence-electron chi connectivity index (χ1n) is 7.64. The molecule has 1 N–H and O–H groups in total. The summed E-state index contributed by atoms with van der Waals surface area (Å²) in [5, 5.41) is 3.19. The largest absolute Gasteiger partial charge is 0.376 e. The molecule has 0 aromatic heterocycles. The van der Waals surface area contributed by atoms with Gasteiger partial charge in [0.25, 0.3) is 0 Å². The number of hydrogen-bond acceptors (Lipinski definition) is 3. The summed E-state index contributed by atoms with van der Waals surface area (Å²) >= 11 is 0. The third-order valence-corrected chi connectivity index (χ3v) is 4.48. The number of nitrogens with one attached hydrogen (secondary N) is 1. The number of piperazine rings is 1. The summed E-state index contributed by atoms with van der Waals surface area (Å²) in [7, 11) is 0. The van der Waals surface area contributed by atoms with Crippen LogP contribution in [0.1, 0.15) is 19.3 Å². The Morgan fingerprint density at radius 3 is 2.23 bits per heavy atom. The first-order valence-corrected chi connectivity index (χ1v) is 7.64. The van der Waals surface area contributed by atoms with Crippen LogP contribution in [0.15, 0.2) is 30.3 Å². The number of hydrogen-bond donors (Lipinski definition) is 1. The Morgan fingerprint density at radius 2 is 1.68 bits per heavy atom. The maximum absolute atomic E-state index is 12.2. The van der Waals surface area contributed by atoms with Crippen LogP contribution in [0.5, 0.6) is 0 Å². The minimum atomic E-state index is 0. The van der Waals surface area contributed by atoms with Gasteiger partial charge in [0.1, 0.15) is 0 Å². The first kappa shape index (κ1) is 19.1. The van der Waals surface area contributed by atoms with Gasteiger partial charge in [-0.3, -0.25) is 9.69 Å². The summed E-state index contributed by atoms with van der Waals surface area (Å²) in [4.78, 5) is 16.7. The first-order chi connectivity index (χ1) is 9.83. The average molecular weight is 346 g/mol. The normalized spacial score (nSPS) is 18.6. The van der Waals surface area contributed by atoms with Gasteiger partial charge in [0, 0.05) is 37.9 Å². The molecule has 4 nitrogen and oxygen atoms in total. The molecule has 0 unspecified atom stereocenters. The molecular weight excluding hydrogens is 321 g/mol. The Morgan fingerprint density at radius 1 is 1.05 bits per heavy atom. The lowest BCUT2D eigenvalue weighted by Crippen LogP contribution is -2.54. The van der Waals surface area contributed by atoms with Gasteiger partial charge in [0.2, 0.25) is 5.91 Å². The van der Waals surface area contributed by atoms with E-state index >= 15 is 0 Å². The molecule has 0 spiro atoms. The highest BCUT2D eigenvalue weighted by molar-refractivity contribution is 5.85. The molecule has 1 aliphatic carbocycles. The number of halogens is 2. The summed E-state index contributed by atoms with van der Waals surface area (Å²) in [6.45, 7) is 4.24. The van der Waals surface area contributed by atoms with E-state index in [0.29, 0.717) is 6.54 Å². The average Bonchev–Trinajstić information content (AvgIpc) is 2.45. The Hall–Kier alpha value is -0.970. The molecular formula is C16H25Cl2N3O. The molecule has 3 rings (SSSR count). The van der Waals surface area contributed by atoms with Crippen molar-refractivity contribution >= 4 is 36.4 Å². The third-order valence-electron chi connectivity index (χ3n) is 4.48. The molecule has 0 bridgehead atoms. The molecule has 1 heterocycles. The van der Waals surface area contributed by atoms with Gasteiger partial charge in [-0.2, -0.15) is 0 Å². The van der Waals surface area contributed by atoms with Crippen LogP contribution < -0.4 is 5.32 Å². The highest BCUT2D eigenvalue weighted by Crippen LogP contribution is 2.25. The molecule has 0 atom stereocenters. The van der Waals surface area contributed by atoms with E-state index < -0.39 is 0 Å². The molecule has 124 valence electrons. The van der Waals surface area contributed by atoms with Crippen molar-refractivity contribution in [1.29, 1.82) is 0 Å². The maximum atomic E-state index is 12.2. The molecule has 1 aromatic rings. The van der Waals surface area contributed by atoms with Crippen molar-refractivity contribution in [3.8, 4) is 0 Å². The molecule has 22 heavy (non-hydrogen) atoms. The van der Waals surface area contributed by atoms with Crippen molar-refractivity contribution in [2.45, 2.75) is 25.3 Å². The molecule has 1 aromatic carbocycles. The minimum Gasteiger partial charge on any atom is -0.376 e. The van der Waals surface area contributed by atoms with Gasteiger partial charge in [-0.05, 0) is 25.0 Å². The van der Waals surface area contributed by atoms with Crippen LogP contribution >= 0.6 is 24.8 Å². The number of carbonyl (C=O) groups is 1. The van der Waals surface area contributed by atoms with Gasteiger partial charge in [-0.1, -0.05) is 24.6 Å². The van der Waals surface area contributed by atoms with Crippen molar-refractivity contribution < 1.29 is 4.79 Å². The topological polar surface area (TPSA) is 35.6 Å². The Bertz CT molecular complexity index is 446. The lowest BCUT2D eigenvalue weighted by Gasteiger charge is -2.43. The van der Waals surface area contributed by atoms with Crippen LogP contribution in [0, 0.1) is 0 Å². The predicted molar refractivity (Wildman–Crippen MR) is 95.2 cm³/mol. The highest BCUT2D eigenvalue weighted by Gasteiger charge is 2.29. The third kappa shape index (κ3) is 4.77. The van der Waals surface area contributed by atoms with E-state index in [1.54, 1.807) is 0 Å². The molecule has 6 heteroatoms. The number of benzene rings is 1. The number of nitrogens with zero attached hydrogens (tertiary/aromatic N) is 2. The number of para-hydroxylation sites is 1. The predicted octanol–water partition coefficient (Wildman–Crippen LogP) is 2.64. The molecule has 1 aliphatic heterocycles. The summed E-state index contributed by atoms with van der Waals surface area (Å²) < 4.78 is 0. The van der Waals surface area contributed by atoms with Gasteiger partial charge >= 0.3 is 0 Å². The van der Waals surface area contributed by atoms with Gasteiger partial charge in [-0.25, -0.2) is 0 Å². The zero-order valence-corrected chi connectivity index (χ0v) is 14.4. The zero-order chi connectivity index (χ0) is 13.8. The number of amides is 1. The van der Waals surface area contributed by atoms with E-state index in [-0.39, 0.29) is 30.7 Å². The van der Waals surface area contributed by atoms with E-state index in [4.69, 9.17) is 0 Å². The van der Waals surface area contributed by atoms with E-state index in [2.05, 4.69) is 10.2 Å². The fourth-order valence-corrected chi connectivity index (χ4v) is 2.93. The zero-order valence-electron chi connectivity index (χ0n) is 12.7. The summed E-state index contributed by atoms with van der Waals surface area (Å²) in [5.41, 5.74) is 1.01. The van der Waals surface area contributed by atoms with Crippen LogP contribution in [-0.2, 0) is 4.79 Å². The van der Waals surface area contributed by atoms with Gasteiger partial charge in [0.05, 0.1) is 6.54 Å². The van der Waals surface area contributed by atoms with Crippen molar-refractivity contribution in [1.82, 2.24) is 9.80 Å². The van der Waals surface area contributed by atoms with Crippen LogP contribution in [0.4, 0.5) is 5.69 Å². The number of rotatable bonds is 4. The summed E-state index contributed by atoms with van der Waals surface area (Å²) in [5.74, 6) is 0.210. The van der Waals surface area contributed by atoms with E-state index in [0.717, 1.165) is 37.9 Å². The van der Waals surface area contributed by atoms with E-state index in [1.807, 2.05) is 35.2 Å². The smallest absolute Gasteiger partial charge is 0.241 e. The SMILES string of the molecule is Cl.Cl.O=C(CNc1ccccc1)N1CCN(C2CCC2)CC1. The lowest BCUT2D eigenvalue weighted by atomic mass is 9.91. The second-order valence-corrected chi connectivity index (χ2v) is 5.72. The quantitative estimate of drug-likeness (QED) is 0.910. The molecule has 2 fully saturated rings. The van der Waals surface area contributed by atoms with E-state index in [9.17, 15) is 4.79 Å². The van der Waals surface area contributed by atoms with Gasteiger partial charge < -0.3 is 10.2 Å². The Balaban J connectivity index is 0.00000121. The minimum absolute atomic E-state index is 0. The van der Waals surface area contributed by atoms with Crippen LogP contribution in [0.3, 0.4) is 0 Å². The monoisotopic (exact) mass is 345 g/mol. The van der Waals surface area contributed by atoms with Crippen molar-refractivity contribution in [3.05, 3.63) is 30.3 Å². The van der Waals surface area contributed by atoms with Crippen molar-refractivity contribution in [2.75, 3.05) is 38.0 Å². The number of anilines is 1. The molecule has 1 amide bonds. The fraction of sp³-hybridized carbons (Fsp3) is 0.562. The molecule has 2 aliphatic rings.